The van der Waals surface area contributed by atoms with Crippen LogP contribution in [0.25, 0.3) is 27.2 Å². The van der Waals surface area contributed by atoms with Crippen molar-refractivity contribution in [3.8, 4) is 0 Å². The van der Waals surface area contributed by atoms with Gasteiger partial charge in [-0.25, -0.2) is 0 Å². The van der Waals surface area contributed by atoms with Gasteiger partial charge in [0.2, 0.25) is 0 Å². The van der Waals surface area contributed by atoms with Crippen LogP contribution in [0.5, 0.6) is 0 Å². The first kappa shape index (κ1) is 41.2. The molecule has 1 unspecified atom stereocenters. The third-order valence-corrected chi connectivity index (χ3v) is 13.4. The molecule has 0 saturated carbocycles. The molecule has 9 rings (SSSR count). The maximum atomic E-state index is 2.68. The monoisotopic (exact) mass is 810 g/mol. The first-order valence-electron chi connectivity index (χ1n) is 23.1. The number of hydrogen-bond donors (Lipinski definition) is 0. The minimum absolute atomic E-state index is 0.474. The number of anilines is 4. The second-order valence-electron chi connectivity index (χ2n) is 18.2. The molecule has 2 heteroatoms. The molecule has 6 aromatic rings. The fourth-order valence-electron chi connectivity index (χ4n) is 10.6. The van der Waals surface area contributed by atoms with E-state index in [0.717, 1.165) is 51.4 Å². The molecule has 0 aliphatic heterocycles. The van der Waals surface area contributed by atoms with E-state index in [4.69, 9.17) is 0 Å². The van der Waals surface area contributed by atoms with Gasteiger partial charge in [0.25, 0.3) is 0 Å². The molecular weight excluding hydrogens is 749 g/mol. The number of rotatable bonds is 10. The van der Waals surface area contributed by atoms with Gasteiger partial charge in [-0.2, -0.15) is 0 Å². The summed E-state index contributed by atoms with van der Waals surface area (Å²) in [6.45, 7) is 15.9. The predicted octanol–water partition coefficient (Wildman–Crippen LogP) is 15.6. The maximum Gasteiger partial charge on any atom is 0.0540 e. The van der Waals surface area contributed by atoms with Gasteiger partial charge in [-0.3, -0.25) is 0 Å². The molecule has 0 spiro atoms. The van der Waals surface area contributed by atoms with Crippen LogP contribution < -0.4 is 15.0 Å². The Kier molecular flexibility index (Phi) is 11.8. The summed E-state index contributed by atoms with van der Waals surface area (Å²) in [5.74, 6) is 0.474. The number of aryl methyl sites for hydroxylation is 3. The molecule has 2 nitrogen and oxygen atoms in total. The number of nitrogens with zero attached hydrogens (tertiary/aromatic N) is 2. The van der Waals surface area contributed by atoms with Gasteiger partial charge in [-0.1, -0.05) is 134 Å². The van der Waals surface area contributed by atoms with E-state index in [1.165, 1.54) is 111 Å². The average molecular weight is 811 g/mol. The molecule has 1 atom stereocenters. The van der Waals surface area contributed by atoms with Crippen molar-refractivity contribution >= 4 is 50.0 Å². The molecule has 0 bridgehead atoms. The lowest BCUT2D eigenvalue weighted by Gasteiger charge is -2.36. The zero-order valence-electron chi connectivity index (χ0n) is 38.0. The molecule has 0 heterocycles. The van der Waals surface area contributed by atoms with E-state index in [2.05, 4.69) is 204 Å². The largest absolute Gasteiger partial charge is 0.317 e. The van der Waals surface area contributed by atoms with Gasteiger partial charge in [0.1, 0.15) is 0 Å². The normalized spacial score (nSPS) is 18.0. The number of hydrogen-bond acceptors (Lipinski definition) is 2. The summed E-state index contributed by atoms with van der Waals surface area (Å²) in [4.78, 5) is 5.27. The first-order valence-corrected chi connectivity index (χ1v) is 23.1. The van der Waals surface area contributed by atoms with Gasteiger partial charge >= 0.3 is 0 Å². The summed E-state index contributed by atoms with van der Waals surface area (Å²) >= 11 is 0. The van der Waals surface area contributed by atoms with Crippen molar-refractivity contribution in [3.63, 3.8) is 0 Å². The van der Waals surface area contributed by atoms with Crippen molar-refractivity contribution in [3.05, 3.63) is 207 Å². The zero-order valence-corrected chi connectivity index (χ0v) is 38.0. The van der Waals surface area contributed by atoms with E-state index in [-0.39, 0.29) is 0 Å². The predicted molar refractivity (Wildman–Crippen MR) is 269 cm³/mol. The van der Waals surface area contributed by atoms with Crippen molar-refractivity contribution in [2.24, 2.45) is 5.92 Å². The smallest absolute Gasteiger partial charge is 0.0540 e. The summed E-state index contributed by atoms with van der Waals surface area (Å²) in [5.41, 5.74) is 20.2. The van der Waals surface area contributed by atoms with Gasteiger partial charge in [-0.05, 0) is 183 Å². The molecule has 0 fully saturated rings. The van der Waals surface area contributed by atoms with Crippen molar-refractivity contribution in [1.82, 2.24) is 0 Å². The van der Waals surface area contributed by atoms with Crippen molar-refractivity contribution in [1.29, 1.82) is 0 Å². The first-order chi connectivity index (χ1) is 30.2. The van der Waals surface area contributed by atoms with E-state index in [0.29, 0.717) is 5.92 Å². The number of allylic oxidation sites excluding steroid dienone is 12. The lowest BCUT2D eigenvalue weighted by atomic mass is 9.86. The standard InChI is InChI=1S/C60H62N2/c1-8-9-10-11-12-18-46-20-15-22-55(45(46)7)61(50-36-41(3)34-42(4)37-50)57-32-27-48-26-31-54-58(33-28-49-25-30-53(57)59(48)60(49)54)62(51-38-43(5)35-44(6)39-51)56-23-16-21-47-19-14-13-17-40(2)24-29-52(47)56/h9-17,20-23,25-26,28,30-31,33-36,38-39,42H,8,18-19,24,27,29,32,37H2,1-7H3/b10-9-,12-11-,14-13-,40-17-. The van der Waals surface area contributed by atoms with E-state index < -0.39 is 0 Å². The summed E-state index contributed by atoms with van der Waals surface area (Å²) < 4.78 is 0. The number of fused-ring (bicyclic) bond motifs is 1. The molecule has 0 radical (unpaired) electrons. The van der Waals surface area contributed by atoms with Gasteiger partial charge in [0.05, 0.1) is 5.69 Å². The molecule has 6 aromatic carbocycles. The molecule has 0 saturated heterocycles. The van der Waals surface area contributed by atoms with Crippen LogP contribution >= 0.6 is 0 Å². The van der Waals surface area contributed by atoms with Crippen LogP contribution in [-0.4, -0.2) is 0 Å². The summed E-state index contributed by atoms with van der Waals surface area (Å²) in [6, 6.07) is 35.5. The zero-order chi connectivity index (χ0) is 42.9. The minimum atomic E-state index is 0.474. The highest BCUT2D eigenvalue weighted by Crippen LogP contribution is 2.46. The van der Waals surface area contributed by atoms with E-state index in [1.807, 2.05) is 0 Å². The Morgan fingerprint density at radius 3 is 2.31 bits per heavy atom. The van der Waals surface area contributed by atoms with Gasteiger partial charge in [0, 0.05) is 39.1 Å². The molecule has 0 aromatic heterocycles. The van der Waals surface area contributed by atoms with Crippen LogP contribution in [0.4, 0.5) is 22.7 Å². The van der Waals surface area contributed by atoms with Crippen molar-refractivity contribution < 1.29 is 0 Å². The topological polar surface area (TPSA) is 6.48 Å². The average Bonchev–Trinajstić information content (AvgIpc) is 3.34. The summed E-state index contributed by atoms with van der Waals surface area (Å²) in [7, 11) is 0. The van der Waals surface area contributed by atoms with Gasteiger partial charge in [-0.15, -0.1) is 0 Å². The van der Waals surface area contributed by atoms with Gasteiger partial charge in [0.15, 0.2) is 0 Å². The van der Waals surface area contributed by atoms with E-state index >= 15 is 0 Å². The molecule has 0 N–H and O–H groups in total. The third-order valence-electron chi connectivity index (χ3n) is 13.4. The third kappa shape index (κ3) is 8.04. The Bertz CT molecular complexity index is 2920. The van der Waals surface area contributed by atoms with Crippen LogP contribution in [0.2, 0.25) is 0 Å². The Labute approximate surface area is 370 Å². The maximum absolute atomic E-state index is 2.68. The van der Waals surface area contributed by atoms with Crippen LogP contribution in [0.1, 0.15) is 92.3 Å². The lowest BCUT2D eigenvalue weighted by molar-refractivity contribution is 0.686. The Balaban J connectivity index is 1.29. The highest BCUT2D eigenvalue weighted by molar-refractivity contribution is 6.17. The fraction of sp³-hybridized carbons (Fsp3) is 0.267. The fourth-order valence-corrected chi connectivity index (χ4v) is 10.6. The molecular formula is C60H62N2. The molecule has 312 valence electrons. The Morgan fingerprint density at radius 2 is 1.48 bits per heavy atom. The number of benzene rings is 6. The van der Waals surface area contributed by atoms with Crippen LogP contribution in [-0.2, 0) is 25.7 Å². The van der Waals surface area contributed by atoms with E-state index in [9.17, 15) is 0 Å². The second-order valence-corrected chi connectivity index (χ2v) is 18.2. The van der Waals surface area contributed by atoms with Crippen molar-refractivity contribution in [2.75, 3.05) is 9.80 Å². The molecule has 0 amide bonds. The SMILES string of the molecule is CC/C=C\C=C/Cc1cccc(N(C2=CC(C)=CC(C)C2)C2=c3ccc4ccc(N(c5cc(C)cc(C)c5)c5cccc6c5CC/C(C)=C\C=C/C6)c5ccc(c3c45)CC2)c1C. The van der Waals surface area contributed by atoms with E-state index in [1.54, 1.807) is 0 Å². The van der Waals surface area contributed by atoms with Crippen molar-refractivity contribution in [2.45, 2.75) is 99.8 Å². The molecule has 62 heavy (non-hydrogen) atoms. The Morgan fingerprint density at radius 1 is 0.694 bits per heavy atom. The van der Waals surface area contributed by atoms with Crippen LogP contribution in [0.15, 0.2) is 163 Å². The Hall–Kier alpha value is -6.12. The van der Waals surface area contributed by atoms with Crippen LogP contribution in [0.3, 0.4) is 0 Å². The quantitative estimate of drug-likeness (QED) is 0.127. The lowest BCUT2D eigenvalue weighted by Crippen LogP contribution is -2.31. The summed E-state index contributed by atoms with van der Waals surface area (Å²) in [5, 5.41) is 6.76. The highest BCUT2D eigenvalue weighted by atomic mass is 15.2. The highest BCUT2D eigenvalue weighted by Gasteiger charge is 2.28. The molecule has 3 aliphatic rings. The minimum Gasteiger partial charge on any atom is -0.317 e. The second kappa shape index (κ2) is 17.7. The van der Waals surface area contributed by atoms with Crippen LogP contribution in [0, 0.1) is 26.7 Å². The van der Waals surface area contributed by atoms with Gasteiger partial charge < -0.3 is 9.80 Å². The summed E-state index contributed by atoms with van der Waals surface area (Å²) in [6.07, 6.45) is 28.6. The molecule has 3 aliphatic carbocycles.